The maximum Gasteiger partial charge on any atom is 0.147 e. The van der Waals surface area contributed by atoms with Crippen LogP contribution in [0, 0.1) is 0 Å². The van der Waals surface area contributed by atoms with Gasteiger partial charge >= 0.3 is 0 Å². The van der Waals surface area contributed by atoms with Crippen molar-refractivity contribution in [3.05, 3.63) is 0 Å². The summed E-state index contributed by atoms with van der Waals surface area (Å²) in [6.07, 6.45) is 2.07. The lowest BCUT2D eigenvalue weighted by atomic mass is 10.6. The van der Waals surface area contributed by atoms with Crippen LogP contribution in [0.4, 0.5) is 0 Å². The molecule has 0 aromatic carbocycles. The zero-order chi connectivity index (χ0) is 8.04. The minimum Gasteiger partial charge on any atom is -0.229 e. The van der Waals surface area contributed by atoms with Crippen LogP contribution < -0.4 is 0 Å². The van der Waals surface area contributed by atoms with Crippen molar-refractivity contribution >= 4 is 21.6 Å². The Kier molecular flexibility index (Phi) is 5.17. The summed E-state index contributed by atoms with van der Waals surface area (Å²) < 4.78 is 21.2. The van der Waals surface area contributed by atoms with Gasteiger partial charge in [0, 0.05) is 6.26 Å². The van der Waals surface area contributed by atoms with E-state index in [1.54, 1.807) is 11.8 Å². The minimum atomic E-state index is -2.72. The highest BCUT2D eigenvalue weighted by atomic mass is 32.2. The molecule has 10 heavy (non-hydrogen) atoms. The quantitative estimate of drug-likeness (QED) is 0.599. The molecule has 0 N–H and O–H groups in total. The van der Waals surface area contributed by atoms with Gasteiger partial charge in [0.05, 0.1) is 5.75 Å². The zero-order valence-electron chi connectivity index (χ0n) is 6.46. The largest absolute Gasteiger partial charge is 0.229 e. The van der Waals surface area contributed by atoms with E-state index in [2.05, 4.69) is 6.92 Å². The molecule has 0 fully saturated rings. The summed E-state index contributed by atoms with van der Waals surface area (Å²) in [5, 5.41) is 0. The third-order valence-corrected chi connectivity index (χ3v) is 3.02. The number of rotatable bonds is 5. The summed E-state index contributed by atoms with van der Waals surface area (Å²) in [5.74, 6) is 2.37. The van der Waals surface area contributed by atoms with E-state index in [0.717, 1.165) is 17.9 Å². The van der Waals surface area contributed by atoms with Gasteiger partial charge in [-0.15, -0.1) is 0 Å². The van der Waals surface area contributed by atoms with Crippen LogP contribution in [0.3, 0.4) is 0 Å². The Balaban J connectivity index is 3.21. The lowest BCUT2D eigenvalue weighted by molar-refractivity contribution is 0.600. The fourth-order valence-corrected chi connectivity index (χ4v) is 2.06. The number of thioether (sulfide) groups is 1. The van der Waals surface area contributed by atoms with E-state index in [0.29, 0.717) is 5.75 Å². The molecule has 0 spiro atoms. The molecule has 62 valence electrons. The Hall–Kier alpha value is 0.300. The summed E-state index contributed by atoms with van der Waals surface area (Å²) in [6.45, 7) is 2.07. The van der Waals surface area contributed by atoms with E-state index >= 15 is 0 Å². The maximum absolute atomic E-state index is 10.6. The average molecular weight is 182 g/mol. The van der Waals surface area contributed by atoms with Crippen molar-refractivity contribution in [1.29, 1.82) is 0 Å². The summed E-state index contributed by atoms with van der Waals surface area (Å²) in [7, 11) is -2.72. The minimum absolute atomic E-state index is 0.333. The molecule has 0 aromatic heterocycles. The normalized spacial score (nSPS) is 11.8. The van der Waals surface area contributed by atoms with Gasteiger partial charge in [-0.3, -0.25) is 0 Å². The third-order valence-electron chi connectivity index (χ3n) is 1.01. The molecule has 0 atom stereocenters. The van der Waals surface area contributed by atoms with Crippen molar-refractivity contribution in [1.82, 2.24) is 0 Å². The molecule has 0 aliphatic carbocycles. The van der Waals surface area contributed by atoms with Crippen LogP contribution in [-0.4, -0.2) is 31.9 Å². The van der Waals surface area contributed by atoms with E-state index < -0.39 is 9.84 Å². The van der Waals surface area contributed by atoms with Gasteiger partial charge in [-0.1, -0.05) is 6.92 Å². The van der Waals surface area contributed by atoms with Crippen molar-refractivity contribution in [2.75, 3.05) is 23.5 Å². The monoisotopic (exact) mass is 182 g/mol. The van der Waals surface area contributed by atoms with Crippen LogP contribution in [0.5, 0.6) is 0 Å². The van der Waals surface area contributed by atoms with Crippen LogP contribution in [0.15, 0.2) is 0 Å². The SMILES string of the molecule is CCSCCCS(C)(=O)=O. The molecule has 0 saturated carbocycles. The first-order chi connectivity index (χ1) is 4.56. The van der Waals surface area contributed by atoms with Crippen LogP contribution in [0.25, 0.3) is 0 Å². The lowest BCUT2D eigenvalue weighted by Crippen LogP contribution is -2.03. The predicted octanol–water partition coefficient (Wildman–Crippen LogP) is 1.17. The van der Waals surface area contributed by atoms with E-state index in [-0.39, 0.29) is 0 Å². The smallest absolute Gasteiger partial charge is 0.147 e. The summed E-state index contributed by atoms with van der Waals surface area (Å²) in [6, 6.07) is 0. The standard InChI is InChI=1S/C6H14O2S2/c1-3-9-5-4-6-10(2,7)8/h3-6H2,1-2H3. The van der Waals surface area contributed by atoms with Gasteiger partial charge in [-0.05, 0) is 17.9 Å². The van der Waals surface area contributed by atoms with Gasteiger partial charge in [-0.2, -0.15) is 11.8 Å². The molecule has 0 bridgehead atoms. The summed E-state index contributed by atoms with van der Waals surface area (Å²) >= 11 is 1.78. The molecule has 0 rings (SSSR count). The molecular weight excluding hydrogens is 168 g/mol. The first-order valence-electron chi connectivity index (χ1n) is 3.31. The van der Waals surface area contributed by atoms with Gasteiger partial charge < -0.3 is 0 Å². The Bertz CT molecular complexity index is 161. The summed E-state index contributed by atoms with van der Waals surface area (Å²) in [5.41, 5.74) is 0. The molecule has 0 radical (unpaired) electrons. The Morgan fingerprint density at radius 3 is 2.40 bits per heavy atom. The van der Waals surface area contributed by atoms with Crippen molar-refractivity contribution < 1.29 is 8.42 Å². The molecule has 0 aliphatic rings. The predicted molar refractivity (Wildman–Crippen MR) is 47.3 cm³/mol. The highest BCUT2D eigenvalue weighted by Gasteiger charge is 1.99. The van der Waals surface area contributed by atoms with Gasteiger partial charge in [0.1, 0.15) is 9.84 Å². The van der Waals surface area contributed by atoms with Crippen LogP contribution in [0.2, 0.25) is 0 Å². The third kappa shape index (κ3) is 8.30. The Morgan fingerprint density at radius 2 is 2.00 bits per heavy atom. The first-order valence-corrected chi connectivity index (χ1v) is 6.53. The zero-order valence-corrected chi connectivity index (χ0v) is 8.09. The average Bonchev–Trinajstić information content (AvgIpc) is 1.78. The highest BCUT2D eigenvalue weighted by molar-refractivity contribution is 7.99. The second-order valence-electron chi connectivity index (χ2n) is 2.18. The topological polar surface area (TPSA) is 34.1 Å². The van der Waals surface area contributed by atoms with Crippen LogP contribution >= 0.6 is 11.8 Å². The van der Waals surface area contributed by atoms with Crippen molar-refractivity contribution in [3.8, 4) is 0 Å². The Labute approximate surface area is 67.3 Å². The molecular formula is C6H14O2S2. The summed E-state index contributed by atoms with van der Waals surface area (Å²) in [4.78, 5) is 0. The Morgan fingerprint density at radius 1 is 1.40 bits per heavy atom. The number of sulfone groups is 1. The van der Waals surface area contributed by atoms with Gasteiger partial charge in [0.15, 0.2) is 0 Å². The number of hydrogen-bond donors (Lipinski definition) is 0. The fraction of sp³-hybridized carbons (Fsp3) is 1.00. The van der Waals surface area contributed by atoms with Crippen molar-refractivity contribution in [2.45, 2.75) is 13.3 Å². The van der Waals surface area contributed by atoms with Crippen LogP contribution in [-0.2, 0) is 9.84 Å². The van der Waals surface area contributed by atoms with Gasteiger partial charge in [0.2, 0.25) is 0 Å². The molecule has 4 heteroatoms. The van der Waals surface area contributed by atoms with Gasteiger partial charge in [-0.25, -0.2) is 8.42 Å². The van der Waals surface area contributed by atoms with Crippen molar-refractivity contribution in [2.24, 2.45) is 0 Å². The molecule has 0 heterocycles. The molecule has 0 aromatic rings. The number of hydrogen-bond acceptors (Lipinski definition) is 3. The molecule has 0 saturated heterocycles. The van der Waals surface area contributed by atoms with E-state index in [1.807, 2.05) is 0 Å². The first kappa shape index (κ1) is 10.3. The van der Waals surface area contributed by atoms with E-state index in [9.17, 15) is 8.42 Å². The fourth-order valence-electron chi connectivity index (χ4n) is 0.568. The highest BCUT2D eigenvalue weighted by Crippen LogP contribution is 2.01. The second kappa shape index (κ2) is 5.02. The molecule has 0 amide bonds. The van der Waals surface area contributed by atoms with E-state index in [4.69, 9.17) is 0 Å². The van der Waals surface area contributed by atoms with E-state index in [1.165, 1.54) is 6.26 Å². The molecule has 0 aliphatic heterocycles. The lowest BCUT2D eigenvalue weighted by Gasteiger charge is -1.96. The van der Waals surface area contributed by atoms with Crippen LogP contribution in [0.1, 0.15) is 13.3 Å². The van der Waals surface area contributed by atoms with Crippen molar-refractivity contribution in [3.63, 3.8) is 0 Å². The second-order valence-corrected chi connectivity index (χ2v) is 5.83. The molecule has 2 nitrogen and oxygen atoms in total. The molecule has 0 unspecified atom stereocenters. The maximum atomic E-state index is 10.6. The van der Waals surface area contributed by atoms with Gasteiger partial charge in [0.25, 0.3) is 0 Å².